The van der Waals surface area contributed by atoms with Gasteiger partial charge in [-0.15, -0.1) is 0 Å². The number of hydrogen-bond acceptors (Lipinski definition) is 2. The first-order valence-corrected chi connectivity index (χ1v) is 6.38. The lowest BCUT2D eigenvalue weighted by Gasteiger charge is -2.15. The molecule has 1 aliphatic heterocycles. The minimum atomic E-state index is -0.986. The average molecular weight is 262 g/mol. The van der Waals surface area contributed by atoms with Crippen molar-refractivity contribution < 1.29 is 14.7 Å². The van der Waals surface area contributed by atoms with Gasteiger partial charge in [0.1, 0.15) is 0 Å². The van der Waals surface area contributed by atoms with Crippen LogP contribution in [0.15, 0.2) is 24.3 Å². The Bertz CT molecular complexity index is 499. The molecule has 19 heavy (non-hydrogen) atoms. The smallest absolute Gasteiger partial charge is 0.335 e. The van der Waals surface area contributed by atoms with E-state index in [1.165, 1.54) is 12.1 Å². The highest BCUT2D eigenvalue weighted by Crippen LogP contribution is 2.22. The van der Waals surface area contributed by atoms with E-state index >= 15 is 0 Å². The zero-order chi connectivity index (χ0) is 14.0. The number of anilines is 1. The summed E-state index contributed by atoms with van der Waals surface area (Å²) in [6, 6.07) is 6.42. The number of nitrogens with zero attached hydrogens (tertiary/aromatic N) is 1. The molecular weight excluding hydrogens is 244 g/mol. The molecular formula is C14H18N2O3. The lowest BCUT2D eigenvalue weighted by atomic mass is 10.0. The van der Waals surface area contributed by atoms with Gasteiger partial charge in [0.05, 0.1) is 5.56 Å². The van der Waals surface area contributed by atoms with Crippen molar-refractivity contribution >= 4 is 17.7 Å². The summed E-state index contributed by atoms with van der Waals surface area (Å²) >= 11 is 0. The van der Waals surface area contributed by atoms with Gasteiger partial charge in [0.25, 0.3) is 0 Å². The van der Waals surface area contributed by atoms with Gasteiger partial charge in [0.2, 0.25) is 0 Å². The summed E-state index contributed by atoms with van der Waals surface area (Å²) in [6.45, 7) is 4.81. The fourth-order valence-electron chi connectivity index (χ4n) is 2.33. The molecule has 1 aliphatic rings. The molecule has 0 saturated carbocycles. The normalized spacial score (nSPS) is 18.8. The van der Waals surface area contributed by atoms with Crippen LogP contribution in [-0.2, 0) is 0 Å². The SMILES string of the molecule is CC(C)CC1CN(c2cccc(C(=O)O)c2)C(=O)N1. The molecule has 2 amide bonds. The van der Waals surface area contributed by atoms with Crippen molar-refractivity contribution in [2.24, 2.45) is 5.92 Å². The van der Waals surface area contributed by atoms with Gasteiger partial charge in [-0.1, -0.05) is 19.9 Å². The highest BCUT2D eigenvalue weighted by Gasteiger charge is 2.30. The zero-order valence-electron chi connectivity index (χ0n) is 11.1. The largest absolute Gasteiger partial charge is 0.478 e. The molecule has 1 aromatic rings. The van der Waals surface area contributed by atoms with Crippen molar-refractivity contribution in [3.8, 4) is 0 Å². The fourth-order valence-corrected chi connectivity index (χ4v) is 2.33. The fraction of sp³-hybridized carbons (Fsp3) is 0.429. The van der Waals surface area contributed by atoms with Crippen LogP contribution in [0.1, 0.15) is 30.6 Å². The number of benzene rings is 1. The third-order valence-electron chi connectivity index (χ3n) is 3.14. The number of carboxylic acids is 1. The quantitative estimate of drug-likeness (QED) is 0.875. The average Bonchev–Trinajstić information content (AvgIpc) is 2.69. The first-order valence-electron chi connectivity index (χ1n) is 6.38. The first-order chi connectivity index (χ1) is 8.97. The third kappa shape index (κ3) is 3.05. The maximum absolute atomic E-state index is 11.9. The summed E-state index contributed by atoms with van der Waals surface area (Å²) in [6.07, 6.45) is 0.918. The van der Waals surface area contributed by atoms with Crippen molar-refractivity contribution in [3.05, 3.63) is 29.8 Å². The predicted octanol–water partition coefficient (Wildman–Crippen LogP) is 2.33. The van der Waals surface area contributed by atoms with E-state index in [0.29, 0.717) is 18.2 Å². The topological polar surface area (TPSA) is 69.6 Å². The molecule has 0 radical (unpaired) electrons. The maximum atomic E-state index is 11.9. The number of rotatable bonds is 4. The molecule has 1 saturated heterocycles. The summed E-state index contributed by atoms with van der Waals surface area (Å²) in [5, 5.41) is 11.9. The van der Waals surface area contributed by atoms with Gasteiger partial charge in [-0.3, -0.25) is 4.90 Å². The Balaban J connectivity index is 2.16. The van der Waals surface area contributed by atoms with Gasteiger partial charge < -0.3 is 10.4 Å². The lowest BCUT2D eigenvalue weighted by molar-refractivity contribution is 0.0697. The van der Waals surface area contributed by atoms with Gasteiger partial charge in [-0.05, 0) is 30.5 Å². The minimum absolute atomic E-state index is 0.126. The van der Waals surface area contributed by atoms with Crippen LogP contribution in [0, 0.1) is 5.92 Å². The second-order valence-electron chi connectivity index (χ2n) is 5.24. The zero-order valence-corrected chi connectivity index (χ0v) is 11.1. The number of aromatic carboxylic acids is 1. The van der Waals surface area contributed by atoms with Crippen molar-refractivity contribution in [1.82, 2.24) is 5.32 Å². The number of carboxylic acid groups (broad SMARTS) is 1. The Morgan fingerprint density at radius 2 is 2.26 bits per heavy atom. The standard InChI is InChI=1S/C14H18N2O3/c1-9(2)6-11-8-16(14(19)15-11)12-5-3-4-10(7-12)13(17)18/h3-5,7,9,11H,6,8H2,1-2H3,(H,15,19)(H,17,18). The predicted molar refractivity (Wildman–Crippen MR) is 72.5 cm³/mol. The van der Waals surface area contributed by atoms with Crippen LogP contribution in [0.5, 0.6) is 0 Å². The van der Waals surface area contributed by atoms with Crippen LogP contribution in [0.3, 0.4) is 0 Å². The van der Waals surface area contributed by atoms with E-state index in [0.717, 1.165) is 6.42 Å². The molecule has 1 atom stereocenters. The molecule has 0 spiro atoms. The molecule has 1 aromatic carbocycles. The Morgan fingerprint density at radius 3 is 2.89 bits per heavy atom. The maximum Gasteiger partial charge on any atom is 0.335 e. The van der Waals surface area contributed by atoms with Crippen LogP contribution < -0.4 is 10.2 Å². The second-order valence-corrected chi connectivity index (χ2v) is 5.24. The molecule has 5 nitrogen and oxygen atoms in total. The van der Waals surface area contributed by atoms with Gasteiger partial charge in [0.15, 0.2) is 0 Å². The third-order valence-corrected chi connectivity index (χ3v) is 3.14. The first kappa shape index (κ1) is 13.4. The van der Waals surface area contributed by atoms with Crippen LogP contribution >= 0.6 is 0 Å². The number of carbonyl (C=O) groups excluding carboxylic acids is 1. The van der Waals surface area contributed by atoms with E-state index in [1.807, 2.05) is 0 Å². The summed E-state index contributed by atoms with van der Waals surface area (Å²) in [4.78, 5) is 24.5. The molecule has 1 fully saturated rings. The number of urea groups is 1. The molecule has 0 aromatic heterocycles. The summed E-state index contributed by atoms with van der Waals surface area (Å²) < 4.78 is 0. The van der Waals surface area contributed by atoms with Crippen LogP contribution in [0.2, 0.25) is 0 Å². The van der Waals surface area contributed by atoms with Gasteiger partial charge in [0, 0.05) is 18.3 Å². The Kier molecular flexibility index (Phi) is 3.74. The number of nitrogens with one attached hydrogen (secondary N) is 1. The van der Waals surface area contributed by atoms with E-state index in [4.69, 9.17) is 5.11 Å². The van der Waals surface area contributed by atoms with Crippen LogP contribution in [0.4, 0.5) is 10.5 Å². The monoisotopic (exact) mass is 262 g/mol. The van der Waals surface area contributed by atoms with Crippen molar-refractivity contribution in [2.45, 2.75) is 26.3 Å². The van der Waals surface area contributed by atoms with Crippen LogP contribution in [0.25, 0.3) is 0 Å². The molecule has 102 valence electrons. The molecule has 0 bridgehead atoms. The van der Waals surface area contributed by atoms with E-state index in [-0.39, 0.29) is 17.6 Å². The number of amides is 2. The number of hydrogen-bond donors (Lipinski definition) is 2. The minimum Gasteiger partial charge on any atom is -0.478 e. The van der Waals surface area contributed by atoms with Crippen LogP contribution in [-0.4, -0.2) is 29.7 Å². The van der Waals surface area contributed by atoms with E-state index < -0.39 is 5.97 Å². The Hall–Kier alpha value is -2.04. The lowest BCUT2D eigenvalue weighted by Crippen LogP contribution is -2.29. The molecule has 1 heterocycles. The second kappa shape index (κ2) is 5.30. The van der Waals surface area contributed by atoms with Crippen molar-refractivity contribution in [2.75, 3.05) is 11.4 Å². The Morgan fingerprint density at radius 1 is 1.53 bits per heavy atom. The Labute approximate surface area is 112 Å². The summed E-state index contributed by atoms with van der Waals surface area (Å²) in [7, 11) is 0. The molecule has 5 heteroatoms. The summed E-state index contributed by atoms with van der Waals surface area (Å²) in [5.41, 5.74) is 0.821. The van der Waals surface area contributed by atoms with Gasteiger partial charge in [-0.25, -0.2) is 9.59 Å². The number of carbonyl (C=O) groups is 2. The highest BCUT2D eigenvalue weighted by molar-refractivity contribution is 5.96. The van der Waals surface area contributed by atoms with E-state index in [1.54, 1.807) is 17.0 Å². The van der Waals surface area contributed by atoms with Gasteiger partial charge in [-0.2, -0.15) is 0 Å². The van der Waals surface area contributed by atoms with Crippen molar-refractivity contribution in [1.29, 1.82) is 0 Å². The highest BCUT2D eigenvalue weighted by atomic mass is 16.4. The van der Waals surface area contributed by atoms with Gasteiger partial charge >= 0.3 is 12.0 Å². The van der Waals surface area contributed by atoms with E-state index in [2.05, 4.69) is 19.2 Å². The molecule has 2 rings (SSSR count). The van der Waals surface area contributed by atoms with E-state index in [9.17, 15) is 9.59 Å². The molecule has 1 unspecified atom stereocenters. The molecule has 0 aliphatic carbocycles. The summed E-state index contributed by atoms with van der Waals surface area (Å²) in [5.74, 6) is -0.476. The van der Waals surface area contributed by atoms with Crippen molar-refractivity contribution in [3.63, 3.8) is 0 Å². The molecule has 2 N–H and O–H groups in total.